The zero-order valence-electron chi connectivity index (χ0n) is 8.39. The summed E-state index contributed by atoms with van der Waals surface area (Å²) in [7, 11) is 0. The molecule has 2 saturated carbocycles. The van der Waals surface area contributed by atoms with E-state index in [4.69, 9.17) is 0 Å². The molecule has 74 valence electrons. The molecule has 0 amide bonds. The molecule has 13 heavy (non-hydrogen) atoms. The standard InChI is InChI=1S/C12H20O/c1-2-11(7-3-4-8-11)12(13)9-5-6-10-12/h2,13H,1,3-10H2. The predicted molar refractivity (Wildman–Crippen MR) is 54.5 cm³/mol. The molecule has 1 heteroatoms. The van der Waals surface area contributed by atoms with Crippen LogP contribution in [-0.4, -0.2) is 10.7 Å². The summed E-state index contributed by atoms with van der Waals surface area (Å²) in [5.41, 5.74) is -0.325. The van der Waals surface area contributed by atoms with Crippen molar-refractivity contribution in [3.63, 3.8) is 0 Å². The minimum absolute atomic E-state index is 0.0729. The molecule has 2 rings (SSSR count). The molecule has 2 aliphatic carbocycles. The van der Waals surface area contributed by atoms with E-state index in [-0.39, 0.29) is 5.41 Å². The molecule has 2 aliphatic rings. The van der Waals surface area contributed by atoms with Crippen LogP contribution in [0.1, 0.15) is 51.4 Å². The van der Waals surface area contributed by atoms with Crippen molar-refractivity contribution in [3.05, 3.63) is 12.7 Å². The molecule has 1 nitrogen and oxygen atoms in total. The second-order valence-electron chi connectivity index (χ2n) is 4.81. The summed E-state index contributed by atoms with van der Waals surface area (Å²) in [6.07, 6.45) is 11.3. The van der Waals surface area contributed by atoms with E-state index >= 15 is 0 Å². The van der Waals surface area contributed by atoms with Gasteiger partial charge in [-0.25, -0.2) is 0 Å². The maximum atomic E-state index is 10.6. The van der Waals surface area contributed by atoms with Crippen molar-refractivity contribution in [2.45, 2.75) is 57.0 Å². The van der Waals surface area contributed by atoms with Crippen molar-refractivity contribution in [1.82, 2.24) is 0 Å². The molecule has 0 aliphatic heterocycles. The zero-order chi connectivity index (χ0) is 9.36. The first kappa shape index (κ1) is 9.26. The van der Waals surface area contributed by atoms with Crippen LogP contribution in [0.5, 0.6) is 0 Å². The highest BCUT2D eigenvalue weighted by atomic mass is 16.3. The predicted octanol–water partition coefficient (Wildman–Crippen LogP) is 3.04. The number of hydrogen-bond donors (Lipinski definition) is 1. The monoisotopic (exact) mass is 180 g/mol. The van der Waals surface area contributed by atoms with E-state index in [1.807, 2.05) is 6.08 Å². The largest absolute Gasteiger partial charge is 0.389 e. The van der Waals surface area contributed by atoms with Gasteiger partial charge < -0.3 is 5.11 Å². The Hall–Kier alpha value is -0.300. The molecule has 0 saturated heterocycles. The first-order valence-corrected chi connectivity index (χ1v) is 5.58. The molecule has 2 fully saturated rings. The highest BCUT2D eigenvalue weighted by Gasteiger charge is 2.50. The number of rotatable bonds is 2. The number of hydrogen-bond acceptors (Lipinski definition) is 1. The molecule has 0 spiro atoms. The van der Waals surface area contributed by atoms with Crippen LogP contribution in [0.3, 0.4) is 0 Å². The molecule has 0 aromatic heterocycles. The van der Waals surface area contributed by atoms with E-state index < -0.39 is 5.60 Å². The molecule has 0 heterocycles. The fraction of sp³-hybridized carbons (Fsp3) is 0.833. The van der Waals surface area contributed by atoms with Crippen molar-refractivity contribution in [2.75, 3.05) is 0 Å². The molecule has 0 aromatic rings. The lowest BCUT2D eigenvalue weighted by molar-refractivity contribution is -0.0507. The van der Waals surface area contributed by atoms with E-state index in [9.17, 15) is 5.11 Å². The topological polar surface area (TPSA) is 20.2 Å². The van der Waals surface area contributed by atoms with Crippen molar-refractivity contribution < 1.29 is 5.11 Å². The van der Waals surface area contributed by atoms with Gasteiger partial charge in [-0.15, -0.1) is 6.58 Å². The van der Waals surface area contributed by atoms with Crippen molar-refractivity contribution >= 4 is 0 Å². The second kappa shape index (κ2) is 3.13. The van der Waals surface area contributed by atoms with Crippen LogP contribution < -0.4 is 0 Å². The summed E-state index contributed by atoms with van der Waals surface area (Å²) < 4.78 is 0. The Bertz CT molecular complexity index is 195. The third-order valence-electron chi connectivity index (χ3n) is 4.24. The number of aliphatic hydroxyl groups is 1. The second-order valence-corrected chi connectivity index (χ2v) is 4.81. The van der Waals surface area contributed by atoms with E-state index in [1.165, 1.54) is 25.7 Å². The molecule has 0 radical (unpaired) electrons. The van der Waals surface area contributed by atoms with Gasteiger partial charge in [0.05, 0.1) is 5.60 Å². The van der Waals surface area contributed by atoms with Gasteiger partial charge in [-0.2, -0.15) is 0 Å². The first-order valence-electron chi connectivity index (χ1n) is 5.58. The van der Waals surface area contributed by atoms with Gasteiger partial charge in [-0.3, -0.25) is 0 Å². The van der Waals surface area contributed by atoms with Crippen LogP contribution in [-0.2, 0) is 0 Å². The molecule has 0 unspecified atom stereocenters. The summed E-state index contributed by atoms with van der Waals surface area (Å²) in [4.78, 5) is 0. The summed E-state index contributed by atoms with van der Waals surface area (Å²) in [6, 6.07) is 0. The normalized spacial score (nSPS) is 30.5. The summed E-state index contributed by atoms with van der Waals surface area (Å²) >= 11 is 0. The maximum Gasteiger partial charge on any atom is 0.0737 e. The molecule has 0 bridgehead atoms. The SMILES string of the molecule is C=CC1(C2(O)CCCC2)CCCC1. The van der Waals surface area contributed by atoms with Crippen LogP contribution in [0, 0.1) is 5.41 Å². The average molecular weight is 180 g/mol. The van der Waals surface area contributed by atoms with Gasteiger partial charge >= 0.3 is 0 Å². The van der Waals surface area contributed by atoms with Crippen LogP contribution in [0.2, 0.25) is 0 Å². The van der Waals surface area contributed by atoms with Crippen LogP contribution in [0.25, 0.3) is 0 Å². The van der Waals surface area contributed by atoms with Gasteiger partial charge in [-0.1, -0.05) is 31.8 Å². The smallest absolute Gasteiger partial charge is 0.0737 e. The van der Waals surface area contributed by atoms with Gasteiger partial charge in [0.25, 0.3) is 0 Å². The van der Waals surface area contributed by atoms with Gasteiger partial charge in [0, 0.05) is 5.41 Å². The molecule has 1 N–H and O–H groups in total. The molecular weight excluding hydrogens is 160 g/mol. The van der Waals surface area contributed by atoms with Gasteiger partial charge in [0.2, 0.25) is 0 Å². The van der Waals surface area contributed by atoms with Crippen molar-refractivity contribution in [1.29, 1.82) is 0 Å². The Kier molecular flexibility index (Phi) is 2.23. The van der Waals surface area contributed by atoms with E-state index in [0.717, 1.165) is 25.7 Å². The van der Waals surface area contributed by atoms with Crippen molar-refractivity contribution in [3.8, 4) is 0 Å². The third-order valence-corrected chi connectivity index (χ3v) is 4.24. The first-order chi connectivity index (χ1) is 6.22. The lowest BCUT2D eigenvalue weighted by Crippen LogP contribution is -2.43. The quantitative estimate of drug-likeness (QED) is 0.648. The van der Waals surface area contributed by atoms with Crippen molar-refractivity contribution in [2.24, 2.45) is 5.41 Å². The van der Waals surface area contributed by atoms with Crippen LogP contribution in [0.4, 0.5) is 0 Å². The fourth-order valence-electron chi connectivity index (χ4n) is 3.32. The van der Waals surface area contributed by atoms with Gasteiger partial charge in [0.15, 0.2) is 0 Å². The average Bonchev–Trinajstić information content (AvgIpc) is 2.73. The Morgan fingerprint density at radius 1 is 0.923 bits per heavy atom. The van der Waals surface area contributed by atoms with E-state index in [0.29, 0.717) is 0 Å². The Morgan fingerprint density at radius 3 is 1.85 bits per heavy atom. The fourth-order valence-corrected chi connectivity index (χ4v) is 3.32. The lowest BCUT2D eigenvalue weighted by Gasteiger charge is -2.40. The minimum atomic E-state index is -0.398. The maximum absolute atomic E-state index is 10.6. The lowest BCUT2D eigenvalue weighted by atomic mass is 9.69. The summed E-state index contributed by atoms with van der Waals surface area (Å²) in [6.45, 7) is 3.94. The molecule has 0 atom stereocenters. The Morgan fingerprint density at radius 2 is 1.38 bits per heavy atom. The van der Waals surface area contributed by atoms with E-state index in [2.05, 4.69) is 6.58 Å². The Labute approximate surface area is 80.8 Å². The third kappa shape index (κ3) is 1.25. The van der Waals surface area contributed by atoms with Crippen LogP contribution in [0.15, 0.2) is 12.7 Å². The highest BCUT2D eigenvalue weighted by Crippen LogP contribution is 2.53. The Balaban J connectivity index is 2.23. The van der Waals surface area contributed by atoms with E-state index in [1.54, 1.807) is 0 Å². The summed E-state index contributed by atoms with van der Waals surface area (Å²) in [5, 5.41) is 10.6. The summed E-state index contributed by atoms with van der Waals surface area (Å²) in [5.74, 6) is 0. The minimum Gasteiger partial charge on any atom is -0.389 e. The zero-order valence-corrected chi connectivity index (χ0v) is 8.39. The molecule has 0 aromatic carbocycles. The highest BCUT2D eigenvalue weighted by molar-refractivity contribution is 5.11. The molecular formula is C12H20O. The van der Waals surface area contributed by atoms with Gasteiger partial charge in [-0.05, 0) is 25.7 Å². The van der Waals surface area contributed by atoms with Crippen LogP contribution >= 0.6 is 0 Å². The van der Waals surface area contributed by atoms with Gasteiger partial charge in [0.1, 0.15) is 0 Å².